The molecule has 2 aromatic carbocycles. The molecule has 0 bridgehead atoms. The second kappa shape index (κ2) is 12.2. The average molecular weight is 620 g/mol. The second-order valence-corrected chi connectivity index (χ2v) is 12.6. The fraction of sp³-hybridized carbons (Fsp3) is 0.389. The van der Waals surface area contributed by atoms with E-state index in [1.807, 2.05) is 84.4 Å². The first-order valence-corrected chi connectivity index (χ1v) is 16.2. The van der Waals surface area contributed by atoms with E-state index < -0.39 is 0 Å². The highest BCUT2D eigenvalue weighted by Gasteiger charge is 2.32. The highest BCUT2D eigenvalue weighted by atomic mass is 16.5. The Morgan fingerprint density at radius 1 is 0.978 bits per heavy atom. The van der Waals surface area contributed by atoms with Gasteiger partial charge in [0.1, 0.15) is 17.3 Å². The number of aryl methyl sites for hydroxylation is 2. The number of amides is 2. The molecule has 2 aliphatic rings. The maximum absolute atomic E-state index is 13.4. The Morgan fingerprint density at radius 3 is 2.46 bits per heavy atom. The van der Waals surface area contributed by atoms with E-state index in [4.69, 9.17) is 9.72 Å². The molecular weight excluding hydrogens is 578 g/mol. The molecule has 4 heterocycles. The van der Waals surface area contributed by atoms with Gasteiger partial charge in [0.15, 0.2) is 0 Å². The van der Waals surface area contributed by atoms with Crippen LogP contribution in [0.15, 0.2) is 60.9 Å². The first kappa shape index (κ1) is 30.0. The Hall–Kier alpha value is -4.70. The summed E-state index contributed by atoms with van der Waals surface area (Å²) in [6.07, 6.45) is 8.26. The molecule has 7 rings (SSSR count). The minimum absolute atomic E-state index is 0.174. The van der Waals surface area contributed by atoms with Crippen LogP contribution < -0.4 is 10.1 Å². The minimum atomic E-state index is -0.198. The van der Waals surface area contributed by atoms with Gasteiger partial charge in [0.2, 0.25) is 5.91 Å². The van der Waals surface area contributed by atoms with Gasteiger partial charge in [-0.2, -0.15) is 0 Å². The van der Waals surface area contributed by atoms with Crippen LogP contribution in [0.25, 0.3) is 27.7 Å². The summed E-state index contributed by atoms with van der Waals surface area (Å²) >= 11 is 0. The number of nitrogens with zero attached hydrogens (tertiary/aromatic N) is 6. The highest BCUT2D eigenvalue weighted by molar-refractivity contribution is 6.07. The number of carbonyl (C=O) groups excluding carboxylic acids is 2. The van der Waals surface area contributed by atoms with E-state index in [1.54, 1.807) is 14.0 Å². The van der Waals surface area contributed by atoms with Gasteiger partial charge in [0, 0.05) is 81.0 Å². The third-order valence-corrected chi connectivity index (χ3v) is 10.0. The number of aromatic nitrogens is 4. The monoisotopic (exact) mass is 619 g/mol. The number of piperazine rings is 1. The van der Waals surface area contributed by atoms with Gasteiger partial charge in [-0.15, -0.1) is 0 Å². The Labute approximate surface area is 269 Å². The topological polar surface area (TPSA) is 97.0 Å². The van der Waals surface area contributed by atoms with Crippen LogP contribution in [0.2, 0.25) is 0 Å². The van der Waals surface area contributed by atoms with Crippen molar-refractivity contribution in [1.82, 2.24) is 28.7 Å². The molecule has 1 saturated carbocycles. The van der Waals surface area contributed by atoms with E-state index in [1.165, 1.54) is 0 Å². The molecule has 1 aliphatic carbocycles. The number of methoxy groups -OCH3 is 1. The van der Waals surface area contributed by atoms with Crippen molar-refractivity contribution < 1.29 is 14.3 Å². The van der Waals surface area contributed by atoms with Gasteiger partial charge < -0.3 is 19.5 Å². The second-order valence-electron chi connectivity index (χ2n) is 12.6. The summed E-state index contributed by atoms with van der Waals surface area (Å²) < 4.78 is 9.91. The lowest BCUT2D eigenvalue weighted by atomic mass is 9.84. The summed E-state index contributed by atoms with van der Waals surface area (Å²) in [5.74, 6) is 1.96. The molecule has 3 aromatic heterocycles. The SMILES string of the molecule is COc1cc(-c2nc(C3CCC(N4CCN(C(C)=O)CC4)CC3)n3ccnc(C)c23)ccc1NC(=O)c1cc2ccccc2n1C. The predicted molar refractivity (Wildman–Crippen MR) is 179 cm³/mol. The van der Waals surface area contributed by atoms with Crippen LogP contribution in [0.1, 0.15) is 60.5 Å². The molecule has 5 aromatic rings. The van der Waals surface area contributed by atoms with Gasteiger partial charge in [-0.1, -0.05) is 24.3 Å². The van der Waals surface area contributed by atoms with Crippen molar-refractivity contribution in [3.8, 4) is 17.0 Å². The summed E-state index contributed by atoms with van der Waals surface area (Å²) in [4.78, 5) is 39.6. The number of hydrogen-bond donors (Lipinski definition) is 1. The van der Waals surface area contributed by atoms with Crippen molar-refractivity contribution in [3.63, 3.8) is 0 Å². The van der Waals surface area contributed by atoms with Gasteiger partial charge in [-0.3, -0.25) is 23.9 Å². The molecule has 0 unspecified atom stereocenters. The van der Waals surface area contributed by atoms with Crippen molar-refractivity contribution in [2.45, 2.75) is 51.5 Å². The van der Waals surface area contributed by atoms with Gasteiger partial charge in [-0.25, -0.2) is 4.98 Å². The van der Waals surface area contributed by atoms with Crippen LogP contribution >= 0.6 is 0 Å². The minimum Gasteiger partial charge on any atom is -0.495 e. The highest BCUT2D eigenvalue weighted by Crippen LogP contribution is 2.39. The molecule has 0 atom stereocenters. The average Bonchev–Trinajstić information content (AvgIpc) is 3.64. The van der Waals surface area contributed by atoms with Crippen LogP contribution in [-0.2, 0) is 11.8 Å². The molecule has 1 aliphatic heterocycles. The lowest BCUT2D eigenvalue weighted by Crippen LogP contribution is -2.52. The standard InChI is InChI=1S/C36H41N7O3/c1-23-34-33(27-11-14-29(32(22-27)46-4)38-36(45)31-21-26-7-5-6-8-30(26)40(31)3)39-35(43(34)16-15-37-23)25-9-12-28(13-10-25)42-19-17-41(18-20-42)24(2)44/h5-8,11,14-16,21-22,25,28H,9-10,12-13,17-20H2,1-4H3,(H,38,45). The van der Waals surface area contributed by atoms with E-state index in [2.05, 4.69) is 19.6 Å². The van der Waals surface area contributed by atoms with Crippen LogP contribution in [0.5, 0.6) is 5.75 Å². The summed E-state index contributed by atoms with van der Waals surface area (Å²) in [6, 6.07) is 16.3. The number of fused-ring (bicyclic) bond motifs is 2. The van der Waals surface area contributed by atoms with Gasteiger partial charge in [0.05, 0.1) is 29.7 Å². The van der Waals surface area contributed by atoms with Crippen molar-refractivity contribution >= 4 is 33.9 Å². The Morgan fingerprint density at radius 2 is 1.74 bits per heavy atom. The molecule has 46 heavy (non-hydrogen) atoms. The number of carbonyl (C=O) groups is 2. The summed E-state index contributed by atoms with van der Waals surface area (Å²) in [5.41, 5.74) is 5.87. The fourth-order valence-corrected chi connectivity index (χ4v) is 7.44. The van der Waals surface area contributed by atoms with Crippen molar-refractivity contribution in [2.24, 2.45) is 7.05 Å². The number of para-hydroxylation sites is 1. The maximum atomic E-state index is 13.4. The number of hydrogen-bond acceptors (Lipinski definition) is 6. The van der Waals surface area contributed by atoms with Gasteiger partial charge in [0.25, 0.3) is 5.91 Å². The molecule has 1 saturated heterocycles. The molecule has 0 radical (unpaired) electrons. The fourth-order valence-electron chi connectivity index (χ4n) is 7.44. The zero-order valence-corrected chi connectivity index (χ0v) is 27.0. The van der Waals surface area contributed by atoms with E-state index in [-0.39, 0.29) is 11.8 Å². The van der Waals surface area contributed by atoms with E-state index in [0.717, 1.165) is 91.1 Å². The third kappa shape index (κ3) is 5.40. The molecule has 10 heteroatoms. The maximum Gasteiger partial charge on any atom is 0.272 e. The number of benzene rings is 2. The molecule has 238 valence electrons. The third-order valence-electron chi connectivity index (χ3n) is 10.0. The lowest BCUT2D eigenvalue weighted by Gasteiger charge is -2.41. The van der Waals surface area contributed by atoms with Crippen molar-refractivity contribution in [3.05, 3.63) is 78.1 Å². The van der Waals surface area contributed by atoms with Crippen LogP contribution in [0, 0.1) is 6.92 Å². The van der Waals surface area contributed by atoms with Crippen molar-refractivity contribution in [2.75, 3.05) is 38.6 Å². The lowest BCUT2D eigenvalue weighted by molar-refractivity contribution is -0.131. The van der Waals surface area contributed by atoms with E-state index >= 15 is 0 Å². The number of anilines is 1. The van der Waals surface area contributed by atoms with Crippen molar-refractivity contribution in [1.29, 1.82) is 0 Å². The first-order valence-electron chi connectivity index (χ1n) is 16.2. The van der Waals surface area contributed by atoms with Gasteiger partial charge >= 0.3 is 0 Å². The molecule has 10 nitrogen and oxygen atoms in total. The molecule has 2 amide bonds. The number of rotatable bonds is 6. The number of imidazole rings is 1. The smallest absolute Gasteiger partial charge is 0.272 e. The predicted octanol–water partition coefficient (Wildman–Crippen LogP) is 5.65. The summed E-state index contributed by atoms with van der Waals surface area (Å²) in [7, 11) is 3.52. The van der Waals surface area contributed by atoms with Crippen LogP contribution in [0.3, 0.4) is 0 Å². The van der Waals surface area contributed by atoms with Crippen LogP contribution in [-0.4, -0.2) is 79.9 Å². The summed E-state index contributed by atoms with van der Waals surface area (Å²) in [6.45, 7) is 7.25. The molecule has 1 N–H and O–H groups in total. The normalized spacial score (nSPS) is 19.1. The Kier molecular flexibility index (Phi) is 7.98. The largest absolute Gasteiger partial charge is 0.495 e. The first-order chi connectivity index (χ1) is 22.3. The Bertz CT molecular complexity index is 1930. The van der Waals surface area contributed by atoms with E-state index in [9.17, 15) is 9.59 Å². The van der Waals surface area contributed by atoms with E-state index in [0.29, 0.717) is 29.1 Å². The quantitative estimate of drug-likeness (QED) is 0.264. The molecule has 2 fully saturated rings. The zero-order chi connectivity index (χ0) is 31.9. The Balaban J connectivity index is 1.13. The van der Waals surface area contributed by atoms with Crippen LogP contribution in [0.4, 0.5) is 5.69 Å². The molecular formula is C36H41N7O3. The van der Waals surface area contributed by atoms with Gasteiger partial charge in [-0.05, 0) is 56.9 Å². The number of nitrogens with one attached hydrogen (secondary N) is 1. The number of ether oxygens (including phenoxy) is 1. The molecule has 0 spiro atoms. The zero-order valence-electron chi connectivity index (χ0n) is 27.0. The summed E-state index contributed by atoms with van der Waals surface area (Å²) in [5, 5.41) is 4.08.